The molecular formula is C22H23N5O2S. The number of anilines is 1. The fourth-order valence-corrected chi connectivity index (χ4v) is 6.41. The van der Waals surface area contributed by atoms with Crippen LogP contribution in [0.3, 0.4) is 0 Å². The number of pyridine rings is 1. The highest BCUT2D eigenvalue weighted by atomic mass is 32.2. The highest BCUT2D eigenvalue weighted by Gasteiger charge is 2.47. The zero-order chi connectivity index (χ0) is 20.6. The number of hydrogen-bond acceptors (Lipinski definition) is 7. The first-order valence-electron chi connectivity index (χ1n) is 10.1. The Morgan fingerprint density at radius 1 is 1.03 bits per heavy atom. The van der Waals surface area contributed by atoms with Crippen molar-refractivity contribution < 1.29 is 8.42 Å². The summed E-state index contributed by atoms with van der Waals surface area (Å²) in [4.78, 5) is 15.6. The van der Waals surface area contributed by atoms with Crippen molar-refractivity contribution >= 4 is 15.8 Å². The van der Waals surface area contributed by atoms with Gasteiger partial charge in [-0.15, -0.1) is 0 Å². The zero-order valence-electron chi connectivity index (χ0n) is 16.5. The normalized spacial score (nSPS) is 22.3. The molecule has 8 heteroatoms. The summed E-state index contributed by atoms with van der Waals surface area (Å²) in [7, 11) is -3.22. The minimum atomic E-state index is -3.22. The molecule has 2 aliphatic rings. The molecule has 0 radical (unpaired) electrons. The number of likely N-dealkylation sites (tertiary alicyclic amines) is 1. The molecule has 1 aromatic carbocycles. The molecule has 5 rings (SSSR count). The van der Waals surface area contributed by atoms with Gasteiger partial charge >= 0.3 is 0 Å². The van der Waals surface area contributed by atoms with E-state index in [-0.39, 0.29) is 11.7 Å². The summed E-state index contributed by atoms with van der Waals surface area (Å²) >= 11 is 0. The van der Waals surface area contributed by atoms with Crippen molar-refractivity contribution in [3.05, 3.63) is 83.4 Å². The second kappa shape index (κ2) is 7.77. The first-order valence-corrected chi connectivity index (χ1v) is 11.8. The first-order chi connectivity index (χ1) is 14.6. The lowest BCUT2D eigenvalue weighted by Gasteiger charge is -2.26. The van der Waals surface area contributed by atoms with Crippen LogP contribution in [-0.4, -0.2) is 46.6 Å². The van der Waals surface area contributed by atoms with E-state index in [4.69, 9.17) is 4.98 Å². The average molecular weight is 422 g/mol. The summed E-state index contributed by atoms with van der Waals surface area (Å²) < 4.78 is 25.8. The maximum absolute atomic E-state index is 12.9. The van der Waals surface area contributed by atoms with Crippen molar-refractivity contribution in [2.75, 3.05) is 18.4 Å². The number of sulfone groups is 1. The van der Waals surface area contributed by atoms with Crippen molar-refractivity contribution in [3.63, 3.8) is 0 Å². The Morgan fingerprint density at radius 2 is 1.87 bits per heavy atom. The molecule has 0 unspecified atom stereocenters. The Morgan fingerprint density at radius 3 is 2.67 bits per heavy atom. The third kappa shape index (κ3) is 3.80. The maximum Gasteiger partial charge on any atom is 0.223 e. The molecule has 0 amide bonds. The Bertz CT molecular complexity index is 1140. The highest BCUT2D eigenvalue weighted by molar-refractivity contribution is 7.91. The number of aromatic nitrogens is 3. The fourth-order valence-electron chi connectivity index (χ4n) is 4.38. The second-order valence-electron chi connectivity index (χ2n) is 7.91. The van der Waals surface area contributed by atoms with Crippen LogP contribution in [0.4, 0.5) is 5.95 Å². The molecule has 4 heterocycles. The van der Waals surface area contributed by atoms with Crippen LogP contribution in [0.5, 0.6) is 0 Å². The molecule has 3 aromatic rings. The minimum Gasteiger partial charge on any atom is -0.349 e. The van der Waals surface area contributed by atoms with E-state index in [0.29, 0.717) is 25.6 Å². The van der Waals surface area contributed by atoms with Crippen LogP contribution in [-0.2, 0) is 28.7 Å². The number of hydrogen-bond donors (Lipinski definition) is 1. The summed E-state index contributed by atoms with van der Waals surface area (Å²) in [5, 5.41) is 2.80. The third-order valence-electron chi connectivity index (χ3n) is 5.81. The Balaban J connectivity index is 1.38. The average Bonchev–Trinajstić information content (AvgIpc) is 3.19. The van der Waals surface area contributed by atoms with Crippen LogP contribution in [0, 0.1) is 0 Å². The highest BCUT2D eigenvalue weighted by Crippen LogP contribution is 2.39. The van der Waals surface area contributed by atoms with Gasteiger partial charge in [-0.2, -0.15) is 0 Å². The van der Waals surface area contributed by atoms with Crippen LogP contribution in [0.1, 0.15) is 28.4 Å². The fraction of sp³-hybridized carbons (Fsp3) is 0.318. The summed E-state index contributed by atoms with van der Waals surface area (Å²) in [6, 6.07) is 15.9. The number of benzene rings is 1. The van der Waals surface area contributed by atoms with Gasteiger partial charge in [-0.1, -0.05) is 36.4 Å². The number of fused-ring (bicyclic) bond motifs is 3. The first kappa shape index (κ1) is 19.1. The van der Waals surface area contributed by atoms with Crippen LogP contribution >= 0.6 is 0 Å². The van der Waals surface area contributed by atoms with Crippen LogP contribution in [0.25, 0.3) is 0 Å². The van der Waals surface area contributed by atoms with Crippen molar-refractivity contribution in [1.82, 2.24) is 19.9 Å². The van der Waals surface area contributed by atoms with E-state index in [1.54, 1.807) is 12.4 Å². The van der Waals surface area contributed by atoms with E-state index < -0.39 is 15.1 Å². The molecule has 0 aliphatic carbocycles. The Hall–Kier alpha value is -2.84. The molecule has 2 aliphatic heterocycles. The SMILES string of the molecule is O=S1(=O)Cc2cnc(NCc3ccccn3)nc2[C@H]2CN(Cc3ccccc3)C[C@H]21. The van der Waals surface area contributed by atoms with Gasteiger partial charge in [0.05, 0.1) is 28.9 Å². The van der Waals surface area contributed by atoms with Crippen LogP contribution < -0.4 is 5.32 Å². The predicted molar refractivity (Wildman–Crippen MR) is 114 cm³/mol. The topological polar surface area (TPSA) is 88.1 Å². The Kier molecular flexibility index (Phi) is 4.96. The van der Waals surface area contributed by atoms with E-state index in [0.717, 1.165) is 23.5 Å². The predicted octanol–water partition coefficient (Wildman–Crippen LogP) is 2.38. The lowest BCUT2D eigenvalue weighted by atomic mass is 10.00. The summed E-state index contributed by atoms with van der Waals surface area (Å²) in [5.74, 6) is 0.406. The second-order valence-corrected chi connectivity index (χ2v) is 10.1. The third-order valence-corrected chi connectivity index (χ3v) is 7.93. The van der Waals surface area contributed by atoms with E-state index >= 15 is 0 Å². The van der Waals surface area contributed by atoms with Crippen LogP contribution in [0.15, 0.2) is 60.9 Å². The number of nitrogens with zero attached hydrogens (tertiary/aromatic N) is 4. The van der Waals surface area contributed by atoms with Gasteiger partial charge in [-0.05, 0) is 17.7 Å². The molecule has 2 aromatic heterocycles. The van der Waals surface area contributed by atoms with Gasteiger partial charge in [0.1, 0.15) is 0 Å². The lowest BCUT2D eigenvalue weighted by Crippen LogP contribution is -2.35. The van der Waals surface area contributed by atoms with Crippen LogP contribution in [0.2, 0.25) is 0 Å². The van der Waals surface area contributed by atoms with E-state index in [1.807, 2.05) is 36.4 Å². The van der Waals surface area contributed by atoms with Gasteiger partial charge in [-0.3, -0.25) is 9.88 Å². The number of rotatable bonds is 5. The molecule has 1 fully saturated rings. The van der Waals surface area contributed by atoms with Gasteiger partial charge in [-0.25, -0.2) is 18.4 Å². The summed E-state index contributed by atoms with van der Waals surface area (Å²) in [6.07, 6.45) is 3.41. The molecule has 30 heavy (non-hydrogen) atoms. The standard InChI is InChI=1S/C22H23N5O2S/c28-30(29)15-17-10-24-22(25-11-18-8-4-5-9-23-18)26-21(17)19-13-27(14-20(19)30)12-16-6-2-1-3-7-16/h1-10,19-20H,11-15H2,(H,24,25,26)/t19-,20+/m0/s1. The number of nitrogens with one attached hydrogen (secondary N) is 1. The van der Waals surface area contributed by atoms with Crippen molar-refractivity contribution in [1.29, 1.82) is 0 Å². The molecule has 0 bridgehead atoms. The minimum absolute atomic E-state index is 0.0171. The molecule has 0 saturated carbocycles. The lowest BCUT2D eigenvalue weighted by molar-refractivity contribution is 0.326. The molecule has 1 saturated heterocycles. The smallest absolute Gasteiger partial charge is 0.223 e. The maximum atomic E-state index is 12.9. The van der Waals surface area contributed by atoms with Crippen molar-refractivity contribution in [2.45, 2.75) is 30.0 Å². The molecule has 154 valence electrons. The van der Waals surface area contributed by atoms with Gasteiger partial charge in [0.2, 0.25) is 5.95 Å². The summed E-state index contributed by atoms with van der Waals surface area (Å²) in [5.41, 5.74) is 3.67. The zero-order valence-corrected chi connectivity index (χ0v) is 17.3. The molecular weight excluding hydrogens is 398 g/mol. The van der Waals surface area contributed by atoms with E-state index in [9.17, 15) is 8.42 Å². The van der Waals surface area contributed by atoms with E-state index in [1.165, 1.54) is 5.56 Å². The van der Waals surface area contributed by atoms with Crippen molar-refractivity contribution in [2.24, 2.45) is 0 Å². The van der Waals surface area contributed by atoms with Gasteiger partial charge < -0.3 is 5.32 Å². The van der Waals surface area contributed by atoms with Crippen molar-refractivity contribution in [3.8, 4) is 0 Å². The molecule has 2 atom stereocenters. The largest absolute Gasteiger partial charge is 0.349 e. The van der Waals surface area contributed by atoms with E-state index in [2.05, 4.69) is 32.3 Å². The van der Waals surface area contributed by atoms with Gasteiger partial charge in [0.15, 0.2) is 9.84 Å². The quantitative estimate of drug-likeness (QED) is 0.677. The monoisotopic (exact) mass is 421 g/mol. The van der Waals surface area contributed by atoms with Gasteiger partial charge in [0, 0.05) is 43.5 Å². The Labute approximate surface area is 176 Å². The van der Waals surface area contributed by atoms with Gasteiger partial charge in [0.25, 0.3) is 0 Å². The molecule has 0 spiro atoms. The molecule has 7 nitrogen and oxygen atoms in total. The summed E-state index contributed by atoms with van der Waals surface area (Å²) in [6.45, 7) is 2.49. The molecule has 1 N–H and O–H groups in total.